The SMILES string of the molecule is Cc1nnn(-c2ccc(-c3ccc(N(C)[C@@H]4C[C@@]5(C)CCCC(N5)[C@H]4F)nn3)c(O)c2)n1. The van der Waals surface area contributed by atoms with Gasteiger partial charge in [0.05, 0.1) is 17.4 Å². The standard InChI is InChI=1S/C22H27FN8O/c1-13-25-29-31(28-13)14-6-7-15(19(32)11-14)16-8-9-20(27-26-16)30(3)18-12-22(2)10-4-5-17(24-22)21(18)23/h6-9,11,17-18,21,24,32H,4-5,10,12H2,1-3H3/t17?,18-,21-,22-/m1/s1. The average molecular weight is 439 g/mol. The van der Waals surface area contributed by atoms with Crippen LogP contribution in [0.5, 0.6) is 5.75 Å². The van der Waals surface area contributed by atoms with Crippen molar-refractivity contribution in [3.63, 3.8) is 0 Å². The molecule has 0 aliphatic carbocycles. The number of fused-ring (bicyclic) bond motifs is 2. The molecule has 4 heterocycles. The summed E-state index contributed by atoms with van der Waals surface area (Å²) in [5, 5.41) is 34.6. The maximum Gasteiger partial charge on any atom is 0.172 e. The molecule has 3 aromatic rings. The van der Waals surface area contributed by atoms with E-state index in [0.717, 1.165) is 25.7 Å². The van der Waals surface area contributed by atoms with Gasteiger partial charge in [0, 0.05) is 30.3 Å². The van der Waals surface area contributed by atoms with Crippen molar-refractivity contribution in [2.24, 2.45) is 0 Å². The van der Waals surface area contributed by atoms with E-state index >= 15 is 4.39 Å². The molecule has 1 unspecified atom stereocenters. The van der Waals surface area contributed by atoms with Crippen LogP contribution in [0, 0.1) is 6.92 Å². The average Bonchev–Trinajstić information content (AvgIpc) is 3.22. The molecule has 4 atom stereocenters. The minimum Gasteiger partial charge on any atom is -0.507 e. The van der Waals surface area contributed by atoms with Crippen LogP contribution in [0.3, 0.4) is 0 Å². The van der Waals surface area contributed by atoms with E-state index in [1.165, 1.54) is 4.80 Å². The zero-order valence-corrected chi connectivity index (χ0v) is 18.4. The highest BCUT2D eigenvalue weighted by atomic mass is 19.1. The smallest absolute Gasteiger partial charge is 0.172 e. The second-order valence-corrected chi connectivity index (χ2v) is 9.13. The third-order valence-corrected chi connectivity index (χ3v) is 6.70. The molecule has 168 valence electrons. The van der Waals surface area contributed by atoms with E-state index in [1.54, 1.807) is 31.2 Å². The number of aromatic hydroxyl groups is 1. The lowest BCUT2D eigenvalue weighted by molar-refractivity contribution is 0.0607. The number of phenolic OH excluding ortho intramolecular Hbond substituents is 1. The van der Waals surface area contributed by atoms with Gasteiger partial charge in [-0.25, -0.2) is 4.39 Å². The summed E-state index contributed by atoms with van der Waals surface area (Å²) >= 11 is 0. The predicted molar refractivity (Wildman–Crippen MR) is 117 cm³/mol. The van der Waals surface area contributed by atoms with Crippen molar-refractivity contribution in [3.05, 3.63) is 36.2 Å². The van der Waals surface area contributed by atoms with Gasteiger partial charge in [-0.05, 0) is 69.0 Å². The first-order valence-corrected chi connectivity index (χ1v) is 10.9. The normalized spacial score (nSPS) is 27.3. The van der Waals surface area contributed by atoms with E-state index in [1.807, 2.05) is 18.0 Å². The fraction of sp³-hybridized carbons (Fsp3) is 0.500. The van der Waals surface area contributed by atoms with Crippen molar-refractivity contribution in [3.8, 4) is 22.7 Å². The maximum atomic E-state index is 15.2. The molecule has 2 saturated heterocycles. The van der Waals surface area contributed by atoms with Crippen LogP contribution < -0.4 is 10.2 Å². The van der Waals surface area contributed by atoms with Crippen molar-refractivity contribution >= 4 is 5.82 Å². The van der Waals surface area contributed by atoms with Crippen LogP contribution in [-0.2, 0) is 0 Å². The molecule has 2 bridgehead atoms. The molecule has 1 aromatic carbocycles. The number of aromatic nitrogens is 6. The van der Waals surface area contributed by atoms with Crippen LogP contribution in [0.1, 0.15) is 38.4 Å². The largest absolute Gasteiger partial charge is 0.507 e. The van der Waals surface area contributed by atoms with Gasteiger partial charge >= 0.3 is 0 Å². The number of halogens is 1. The molecule has 32 heavy (non-hydrogen) atoms. The predicted octanol–water partition coefficient (Wildman–Crippen LogP) is 2.58. The molecule has 0 saturated carbocycles. The molecule has 10 heteroatoms. The molecular formula is C22H27FN8O. The summed E-state index contributed by atoms with van der Waals surface area (Å²) in [6, 6.07) is 8.33. The number of hydrogen-bond acceptors (Lipinski definition) is 8. The van der Waals surface area contributed by atoms with Gasteiger partial charge < -0.3 is 15.3 Å². The lowest BCUT2D eigenvalue weighted by atomic mass is 9.74. The van der Waals surface area contributed by atoms with Gasteiger partial charge in [0.15, 0.2) is 11.6 Å². The summed E-state index contributed by atoms with van der Waals surface area (Å²) in [6.45, 7) is 3.93. The first kappa shape index (κ1) is 20.7. The zero-order valence-electron chi connectivity index (χ0n) is 18.4. The minimum absolute atomic E-state index is 0.0378. The van der Waals surface area contributed by atoms with Crippen LogP contribution in [0.4, 0.5) is 10.2 Å². The van der Waals surface area contributed by atoms with E-state index in [4.69, 9.17) is 0 Å². The first-order valence-electron chi connectivity index (χ1n) is 10.9. The number of rotatable bonds is 4. The summed E-state index contributed by atoms with van der Waals surface area (Å²) in [5.74, 6) is 1.19. The van der Waals surface area contributed by atoms with Crippen molar-refractivity contribution in [1.29, 1.82) is 0 Å². The lowest BCUT2D eigenvalue weighted by Gasteiger charge is -2.51. The van der Waals surface area contributed by atoms with Crippen molar-refractivity contribution < 1.29 is 9.50 Å². The number of nitrogens with zero attached hydrogens (tertiary/aromatic N) is 7. The number of hydrogen-bond donors (Lipinski definition) is 2. The van der Waals surface area contributed by atoms with Crippen molar-refractivity contribution in [2.75, 3.05) is 11.9 Å². The van der Waals surface area contributed by atoms with Gasteiger partial charge in [0.25, 0.3) is 0 Å². The highest BCUT2D eigenvalue weighted by Gasteiger charge is 2.47. The Hall–Kier alpha value is -3.14. The quantitative estimate of drug-likeness (QED) is 0.641. The molecule has 9 nitrogen and oxygen atoms in total. The van der Waals surface area contributed by atoms with Gasteiger partial charge in [0.1, 0.15) is 11.9 Å². The molecule has 2 aliphatic heterocycles. The molecular weight excluding hydrogens is 411 g/mol. The molecule has 5 rings (SSSR count). The number of tetrazole rings is 1. The summed E-state index contributed by atoms with van der Waals surface area (Å²) in [7, 11) is 1.88. The second-order valence-electron chi connectivity index (χ2n) is 9.13. The van der Waals surface area contributed by atoms with Gasteiger partial charge in [-0.15, -0.1) is 25.2 Å². The topological polar surface area (TPSA) is 105 Å². The van der Waals surface area contributed by atoms with Gasteiger partial charge in [-0.3, -0.25) is 0 Å². The van der Waals surface area contributed by atoms with Gasteiger partial charge in [-0.2, -0.15) is 0 Å². The molecule has 0 amide bonds. The molecule has 2 fully saturated rings. The highest BCUT2D eigenvalue weighted by molar-refractivity contribution is 5.68. The number of phenols is 1. The summed E-state index contributed by atoms with van der Waals surface area (Å²) < 4.78 is 15.2. The second kappa shape index (κ2) is 7.77. The Morgan fingerprint density at radius 2 is 2.06 bits per heavy atom. The third-order valence-electron chi connectivity index (χ3n) is 6.70. The van der Waals surface area contributed by atoms with Crippen LogP contribution in [0.15, 0.2) is 30.3 Å². The van der Waals surface area contributed by atoms with Crippen LogP contribution in [0.25, 0.3) is 16.9 Å². The Morgan fingerprint density at radius 1 is 1.22 bits per heavy atom. The van der Waals surface area contributed by atoms with E-state index in [0.29, 0.717) is 28.6 Å². The Labute approximate surface area is 185 Å². The number of benzene rings is 1. The summed E-state index contributed by atoms with van der Waals surface area (Å²) in [6.07, 6.45) is 2.76. The fourth-order valence-electron chi connectivity index (χ4n) is 4.98. The van der Waals surface area contributed by atoms with E-state index in [9.17, 15) is 5.11 Å². The number of piperidine rings is 2. The Kier molecular flexibility index (Phi) is 5.04. The monoisotopic (exact) mass is 438 g/mol. The summed E-state index contributed by atoms with van der Waals surface area (Å²) in [5.41, 5.74) is 1.62. The van der Waals surface area contributed by atoms with E-state index < -0.39 is 6.17 Å². The minimum atomic E-state index is -0.958. The molecule has 0 radical (unpaired) electrons. The third kappa shape index (κ3) is 3.68. The first-order chi connectivity index (χ1) is 15.3. The van der Waals surface area contributed by atoms with Gasteiger partial charge in [0.2, 0.25) is 0 Å². The number of nitrogens with one attached hydrogen (secondary N) is 1. The Bertz CT molecular complexity index is 1120. The zero-order chi connectivity index (χ0) is 22.5. The van der Waals surface area contributed by atoms with Crippen LogP contribution in [0.2, 0.25) is 0 Å². The Morgan fingerprint density at radius 3 is 2.75 bits per heavy atom. The maximum absolute atomic E-state index is 15.2. The molecule has 2 aromatic heterocycles. The molecule has 0 spiro atoms. The highest BCUT2D eigenvalue weighted by Crippen LogP contribution is 2.38. The fourth-order valence-corrected chi connectivity index (χ4v) is 4.98. The lowest BCUT2D eigenvalue weighted by Crippen LogP contribution is -2.66. The Balaban J connectivity index is 1.36. The number of aryl methyl sites for hydroxylation is 1. The number of anilines is 1. The van der Waals surface area contributed by atoms with Crippen LogP contribution in [-0.4, -0.2) is 66.4 Å². The van der Waals surface area contributed by atoms with Crippen molar-refractivity contribution in [2.45, 2.75) is 63.3 Å². The van der Waals surface area contributed by atoms with E-state index in [2.05, 4.69) is 37.8 Å². The van der Waals surface area contributed by atoms with E-state index in [-0.39, 0.29) is 23.4 Å². The molecule has 2 aliphatic rings. The van der Waals surface area contributed by atoms with Gasteiger partial charge in [-0.1, -0.05) is 0 Å². The molecule has 2 N–H and O–H groups in total. The number of alkyl halides is 1. The summed E-state index contributed by atoms with van der Waals surface area (Å²) in [4.78, 5) is 3.26. The van der Waals surface area contributed by atoms with Crippen LogP contribution >= 0.6 is 0 Å². The van der Waals surface area contributed by atoms with Crippen molar-refractivity contribution in [1.82, 2.24) is 35.7 Å².